The van der Waals surface area contributed by atoms with Gasteiger partial charge < -0.3 is 15.3 Å². The molecule has 0 aromatic heterocycles. The first-order chi connectivity index (χ1) is 6.73. The highest BCUT2D eigenvalue weighted by molar-refractivity contribution is 5.76. The Morgan fingerprint density at radius 3 is 2.67 bits per heavy atom. The number of aliphatic carboxylic acids is 1. The van der Waals surface area contributed by atoms with Gasteiger partial charge in [0.1, 0.15) is 0 Å². The molecule has 88 valence electrons. The molecule has 1 aliphatic rings. The van der Waals surface area contributed by atoms with E-state index in [0.717, 1.165) is 19.4 Å². The van der Waals surface area contributed by atoms with Gasteiger partial charge in [0.25, 0.3) is 0 Å². The predicted octanol–water partition coefficient (Wildman–Crippen LogP) is -0.331. The first-order valence-electron chi connectivity index (χ1n) is 5.13. The second kappa shape index (κ2) is 4.08. The van der Waals surface area contributed by atoms with Gasteiger partial charge in [0.05, 0.1) is 5.60 Å². The van der Waals surface area contributed by atoms with Gasteiger partial charge in [0, 0.05) is 13.1 Å². The molecule has 1 aliphatic heterocycles. The van der Waals surface area contributed by atoms with E-state index in [4.69, 9.17) is 5.11 Å². The summed E-state index contributed by atoms with van der Waals surface area (Å²) in [6.07, 6.45) is 1.54. The summed E-state index contributed by atoms with van der Waals surface area (Å²) in [5, 5.41) is 28.2. The van der Waals surface area contributed by atoms with Crippen molar-refractivity contribution in [2.24, 2.45) is 0 Å². The van der Waals surface area contributed by atoms with Crippen LogP contribution < -0.4 is 0 Å². The minimum Gasteiger partial charge on any atom is -0.479 e. The second-order valence-corrected chi connectivity index (χ2v) is 4.89. The van der Waals surface area contributed by atoms with Crippen molar-refractivity contribution in [2.45, 2.75) is 37.9 Å². The lowest BCUT2D eigenvalue weighted by molar-refractivity contribution is -0.160. The summed E-state index contributed by atoms with van der Waals surface area (Å²) in [6.45, 7) is 4.20. The van der Waals surface area contributed by atoms with Gasteiger partial charge in [0.2, 0.25) is 0 Å². The summed E-state index contributed by atoms with van der Waals surface area (Å²) in [5.74, 6) is -1.23. The summed E-state index contributed by atoms with van der Waals surface area (Å²) in [4.78, 5) is 12.5. The largest absolute Gasteiger partial charge is 0.479 e. The van der Waals surface area contributed by atoms with Crippen LogP contribution in [0.3, 0.4) is 0 Å². The number of nitrogens with zero attached hydrogens (tertiary/aromatic N) is 1. The number of hydrogen-bond acceptors (Lipinski definition) is 4. The molecule has 2 unspecified atom stereocenters. The molecular formula is C10H19NO4. The number of rotatable bonds is 3. The number of carboxylic acids is 1. The molecule has 1 fully saturated rings. The number of carbonyl (C=O) groups is 1. The maximum absolute atomic E-state index is 10.7. The quantitative estimate of drug-likeness (QED) is 0.603. The van der Waals surface area contributed by atoms with Crippen LogP contribution >= 0.6 is 0 Å². The van der Waals surface area contributed by atoms with Gasteiger partial charge in [-0.05, 0) is 33.2 Å². The maximum atomic E-state index is 10.7. The fourth-order valence-corrected chi connectivity index (χ4v) is 1.96. The lowest BCUT2D eigenvalue weighted by atomic mass is 9.94. The van der Waals surface area contributed by atoms with Crippen molar-refractivity contribution in [3.8, 4) is 0 Å². The van der Waals surface area contributed by atoms with Crippen molar-refractivity contribution < 1.29 is 20.1 Å². The molecule has 5 heteroatoms. The number of β-amino-alcohol motifs (C(OH)–C–C–N with tert-alkyl or cyclic N) is 2. The Morgan fingerprint density at radius 2 is 2.20 bits per heavy atom. The predicted molar refractivity (Wildman–Crippen MR) is 54.6 cm³/mol. The van der Waals surface area contributed by atoms with E-state index in [2.05, 4.69) is 0 Å². The second-order valence-electron chi connectivity index (χ2n) is 4.89. The molecule has 5 nitrogen and oxygen atoms in total. The Bertz CT molecular complexity index is 250. The molecule has 1 saturated heterocycles. The molecule has 2 atom stereocenters. The SMILES string of the molecule is CC1(O)CCCN(CC(C)(O)C(=O)O)C1. The number of aliphatic hydroxyl groups is 2. The van der Waals surface area contributed by atoms with Crippen molar-refractivity contribution in [3.63, 3.8) is 0 Å². The van der Waals surface area contributed by atoms with Crippen LogP contribution in [0, 0.1) is 0 Å². The van der Waals surface area contributed by atoms with E-state index in [-0.39, 0.29) is 6.54 Å². The van der Waals surface area contributed by atoms with E-state index in [0.29, 0.717) is 6.54 Å². The maximum Gasteiger partial charge on any atom is 0.336 e. The summed E-state index contributed by atoms with van der Waals surface area (Å²) < 4.78 is 0. The monoisotopic (exact) mass is 217 g/mol. The Balaban J connectivity index is 2.55. The van der Waals surface area contributed by atoms with Gasteiger partial charge in [0.15, 0.2) is 5.60 Å². The molecule has 3 N–H and O–H groups in total. The van der Waals surface area contributed by atoms with Crippen LogP contribution in [0.1, 0.15) is 26.7 Å². The van der Waals surface area contributed by atoms with Crippen molar-refractivity contribution in [3.05, 3.63) is 0 Å². The van der Waals surface area contributed by atoms with Crippen molar-refractivity contribution in [2.75, 3.05) is 19.6 Å². The molecule has 0 aromatic carbocycles. The smallest absolute Gasteiger partial charge is 0.336 e. The fraction of sp³-hybridized carbons (Fsp3) is 0.900. The van der Waals surface area contributed by atoms with Gasteiger partial charge in [-0.25, -0.2) is 4.79 Å². The standard InChI is InChI=1S/C10H19NO4/c1-9(14)4-3-5-11(6-9)7-10(2,15)8(12)13/h14-15H,3-7H2,1-2H3,(H,12,13). The molecule has 0 radical (unpaired) electrons. The highest BCUT2D eigenvalue weighted by atomic mass is 16.4. The van der Waals surface area contributed by atoms with Crippen LogP contribution in [0.25, 0.3) is 0 Å². The van der Waals surface area contributed by atoms with Crippen LogP contribution in [0.2, 0.25) is 0 Å². The van der Waals surface area contributed by atoms with E-state index in [1.165, 1.54) is 6.92 Å². The third kappa shape index (κ3) is 3.44. The van der Waals surface area contributed by atoms with E-state index in [1.54, 1.807) is 11.8 Å². The van der Waals surface area contributed by atoms with Crippen LogP contribution in [0.4, 0.5) is 0 Å². The number of likely N-dealkylation sites (tertiary alicyclic amines) is 1. The van der Waals surface area contributed by atoms with Gasteiger partial charge in [-0.3, -0.25) is 4.90 Å². The van der Waals surface area contributed by atoms with Crippen molar-refractivity contribution in [1.29, 1.82) is 0 Å². The van der Waals surface area contributed by atoms with Crippen LogP contribution in [-0.4, -0.2) is 57.0 Å². The Labute approximate surface area is 89.3 Å². The highest BCUT2D eigenvalue weighted by Crippen LogP contribution is 2.21. The highest BCUT2D eigenvalue weighted by Gasteiger charge is 2.36. The molecule has 0 aliphatic carbocycles. The Kier molecular flexibility index (Phi) is 3.38. The van der Waals surface area contributed by atoms with Crippen LogP contribution in [0.15, 0.2) is 0 Å². The lowest BCUT2D eigenvalue weighted by Crippen LogP contribution is -2.53. The van der Waals surface area contributed by atoms with Gasteiger partial charge in [-0.15, -0.1) is 0 Å². The molecule has 0 bridgehead atoms. The average molecular weight is 217 g/mol. The topological polar surface area (TPSA) is 81.0 Å². The van der Waals surface area contributed by atoms with Crippen molar-refractivity contribution >= 4 is 5.97 Å². The zero-order valence-electron chi connectivity index (χ0n) is 9.23. The number of carboxylic acid groups (broad SMARTS) is 1. The van der Waals surface area contributed by atoms with Crippen LogP contribution in [0.5, 0.6) is 0 Å². The first-order valence-corrected chi connectivity index (χ1v) is 5.13. The molecule has 0 amide bonds. The van der Waals surface area contributed by atoms with E-state index < -0.39 is 17.2 Å². The molecule has 1 rings (SSSR count). The first kappa shape index (κ1) is 12.4. The Morgan fingerprint density at radius 1 is 1.60 bits per heavy atom. The molecule has 0 aromatic rings. The summed E-state index contributed by atoms with van der Waals surface area (Å²) in [5.41, 5.74) is -2.51. The zero-order chi connectivity index (χ0) is 11.7. The average Bonchev–Trinajstić information content (AvgIpc) is 2.00. The van der Waals surface area contributed by atoms with Crippen molar-refractivity contribution in [1.82, 2.24) is 4.90 Å². The van der Waals surface area contributed by atoms with Gasteiger partial charge in [-0.2, -0.15) is 0 Å². The van der Waals surface area contributed by atoms with Crippen LogP contribution in [-0.2, 0) is 4.79 Å². The summed E-state index contributed by atoms with van der Waals surface area (Å²) in [6, 6.07) is 0. The molecule has 15 heavy (non-hydrogen) atoms. The van der Waals surface area contributed by atoms with E-state index in [9.17, 15) is 15.0 Å². The minimum atomic E-state index is -1.74. The fourth-order valence-electron chi connectivity index (χ4n) is 1.96. The molecule has 0 saturated carbocycles. The Hall–Kier alpha value is -0.650. The molecule has 1 heterocycles. The molecular weight excluding hydrogens is 198 g/mol. The normalized spacial score (nSPS) is 32.3. The summed E-state index contributed by atoms with van der Waals surface area (Å²) >= 11 is 0. The molecule has 0 spiro atoms. The van der Waals surface area contributed by atoms with Gasteiger partial charge >= 0.3 is 5.97 Å². The lowest BCUT2D eigenvalue weighted by Gasteiger charge is -2.38. The summed E-state index contributed by atoms with van der Waals surface area (Å²) in [7, 11) is 0. The zero-order valence-corrected chi connectivity index (χ0v) is 9.23. The third-order valence-electron chi connectivity index (χ3n) is 2.75. The third-order valence-corrected chi connectivity index (χ3v) is 2.75. The van der Waals surface area contributed by atoms with E-state index in [1.807, 2.05) is 0 Å². The van der Waals surface area contributed by atoms with E-state index >= 15 is 0 Å². The number of piperidine rings is 1. The number of hydrogen-bond donors (Lipinski definition) is 3. The van der Waals surface area contributed by atoms with Gasteiger partial charge in [-0.1, -0.05) is 0 Å². The minimum absolute atomic E-state index is 0.0541.